The number of aliphatic hydroxyl groups is 1. The molecule has 6 nitrogen and oxygen atoms in total. The van der Waals surface area contributed by atoms with Gasteiger partial charge in [-0.25, -0.2) is 9.59 Å². The van der Waals surface area contributed by atoms with Crippen molar-refractivity contribution in [1.82, 2.24) is 0 Å². The number of allylic oxidation sites excluding steroid dienone is 5. The number of hydrogen-bond acceptors (Lipinski definition) is 6. The molecule has 2 aliphatic rings. The van der Waals surface area contributed by atoms with Gasteiger partial charge in [0.2, 0.25) is 6.29 Å². The summed E-state index contributed by atoms with van der Waals surface area (Å²) in [5.41, 5.74) is 3.85. The lowest BCUT2D eigenvalue weighted by atomic mass is 9.99. The van der Waals surface area contributed by atoms with Gasteiger partial charge in [-0.3, -0.25) is 0 Å². The summed E-state index contributed by atoms with van der Waals surface area (Å²) < 4.78 is 15.3. The number of ether oxygens (including phenoxy) is 3. The number of aliphatic hydroxyl groups excluding tert-OH is 1. The fourth-order valence-electron chi connectivity index (χ4n) is 3.78. The minimum absolute atomic E-state index is 0.293. The molecule has 176 valence electrons. The maximum Gasteiger partial charge on any atom is 0.343 e. The predicted molar refractivity (Wildman–Crippen MR) is 123 cm³/mol. The van der Waals surface area contributed by atoms with E-state index in [2.05, 4.69) is 37.7 Å². The molecule has 2 atom stereocenters. The molecule has 0 amide bonds. The maximum atomic E-state index is 11.7. The molecule has 0 fully saturated rings. The first-order valence-corrected chi connectivity index (χ1v) is 11.3. The topological polar surface area (TPSA) is 82.1 Å². The molecule has 1 N–H and O–H groups in total. The molecule has 0 radical (unpaired) electrons. The highest BCUT2D eigenvalue weighted by atomic mass is 16.6. The molecule has 0 spiro atoms. The van der Waals surface area contributed by atoms with Crippen molar-refractivity contribution in [3.8, 4) is 0 Å². The number of carbonyl (C=O) groups is 2. The first-order chi connectivity index (χ1) is 15.2. The fourth-order valence-corrected chi connectivity index (χ4v) is 3.78. The van der Waals surface area contributed by atoms with Gasteiger partial charge in [-0.15, -0.1) is 0 Å². The third kappa shape index (κ3) is 7.83. The van der Waals surface area contributed by atoms with Crippen LogP contribution < -0.4 is 0 Å². The zero-order valence-electron chi connectivity index (χ0n) is 19.9. The van der Waals surface area contributed by atoms with Crippen LogP contribution in [0.25, 0.3) is 0 Å². The standard InChI is InChI=1S/C26H36O6/c1-17(9-6-10-18(2)12-8-14-21-16-23(27)32-26(21)29)11-7-13-19(3)15-22-24(30-5)20(4)25(28)31-22/h9,12,15-16,19,26,29H,6-8,10-11,13-14H2,1-5H3/b17-9+,18-12+,22-15-. The van der Waals surface area contributed by atoms with E-state index in [9.17, 15) is 14.7 Å². The molecule has 0 saturated carbocycles. The van der Waals surface area contributed by atoms with Crippen LogP contribution in [0.3, 0.4) is 0 Å². The summed E-state index contributed by atoms with van der Waals surface area (Å²) in [6, 6.07) is 0. The Kier molecular flexibility index (Phi) is 9.97. The first kappa shape index (κ1) is 25.7. The number of hydrogen-bond donors (Lipinski definition) is 1. The van der Waals surface area contributed by atoms with Gasteiger partial charge in [0, 0.05) is 11.6 Å². The number of rotatable bonds is 12. The van der Waals surface area contributed by atoms with Crippen LogP contribution in [0, 0.1) is 5.92 Å². The molecular formula is C26H36O6. The van der Waals surface area contributed by atoms with E-state index in [0.717, 1.165) is 38.5 Å². The molecule has 0 aromatic heterocycles. The Morgan fingerprint density at radius 1 is 1.19 bits per heavy atom. The second-order valence-corrected chi connectivity index (χ2v) is 8.64. The highest BCUT2D eigenvalue weighted by Gasteiger charge is 2.28. The molecule has 32 heavy (non-hydrogen) atoms. The summed E-state index contributed by atoms with van der Waals surface area (Å²) in [6.45, 7) is 8.12. The van der Waals surface area contributed by atoms with E-state index in [1.165, 1.54) is 17.2 Å². The van der Waals surface area contributed by atoms with Gasteiger partial charge < -0.3 is 19.3 Å². The van der Waals surface area contributed by atoms with Crippen LogP contribution in [0.4, 0.5) is 0 Å². The van der Waals surface area contributed by atoms with Crippen LogP contribution in [-0.4, -0.2) is 30.4 Å². The van der Waals surface area contributed by atoms with Crippen molar-refractivity contribution in [2.45, 2.75) is 78.9 Å². The summed E-state index contributed by atoms with van der Waals surface area (Å²) in [5, 5.41) is 9.58. The lowest BCUT2D eigenvalue weighted by Crippen LogP contribution is -2.09. The Morgan fingerprint density at radius 3 is 2.53 bits per heavy atom. The van der Waals surface area contributed by atoms with E-state index in [-0.39, 0.29) is 5.97 Å². The molecular weight excluding hydrogens is 408 g/mol. The van der Waals surface area contributed by atoms with Gasteiger partial charge in [-0.1, -0.05) is 30.2 Å². The van der Waals surface area contributed by atoms with Gasteiger partial charge in [0.05, 0.1) is 12.7 Å². The molecule has 2 unspecified atom stereocenters. The second-order valence-electron chi connectivity index (χ2n) is 8.64. The molecule has 2 heterocycles. The van der Waals surface area contributed by atoms with Crippen molar-refractivity contribution in [2.24, 2.45) is 5.92 Å². The first-order valence-electron chi connectivity index (χ1n) is 11.3. The Bertz CT molecular complexity index is 856. The SMILES string of the molecule is COC1=C(C)C(=O)O/C1=C\C(C)CCC/C(C)=C/CC/C(C)=C/CCC1=CC(=O)OC1O. The van der Waals surface area contributed by atoms with Gasteiger partial charge >= 0.3 is 11.9 Å². The summed E-state index contributed by atoms with van der Waals surface area (Å²) in [5.74, 6) is 0.574. The van der Waals surface area contributed by atoms with E-state index in [1.54, 1.807) is 14.0 Å². The third-order valence-corrected chi connectivity index (χ3v) is 5.75. The van der Waals surface area contributed by atoms with Gasteiger partial charge in [-0.05, 0) is 77.7 Å². The van der Waals surface area contributed by atoms with Crippen LogP contribution >= 0.6 is 0 Å². The van der Waals surface area contributed by atoms with Crippen LogP contribution in [0.2, 0.25) is 0 Å². The minimum atomic E-state index is -1.07. The summed E-state index contributed by atoms with van der Waals surface area (Å²) >= 11 is 0. The zero-order valence-corrected chi connectivity index (χ0v) is 19.9. The number of esters is 2. The van der Waals surface area contributed by atoms with Crippen molar-refractivity contribution in [3.05, 3.63) is 58.1 Å². The smallest absolute Gasteiger partial charge is 0.343 e. The van der Waals surface area contributed by atoms with Gasteiger partial charge in [0.15, 0.2) is 11.5 Å². The van der Waals surface area contributed by atoms with Crippen molar-refractivity contribution in [2.75, 3.05) is 7.11 Å². The molecule has 6 heteroatoms. The lowest BCUT2D eigenvalue weighted by Gasteiger charge is -2.09. The van der Waals surface area contributed by atoms with E-state index in [4.69, 9.17) is 9.47 Å². The largest absolute Gasteiger partial charge is 0.492 e. The Morgan fingerprint density at radius 2 is 1.88 bits per heavy atom. The van der Waals surface area contributed by atoms with Gasteiger partial charge in [0.1, 0.15) is 0 Å². The average Bonchev–Trinajstić information content (AvgIpc) is 3.18. The maximum absolute atomic E-state index is 11.7. The van der Waals surface area contributed by atoms with Crippen molar-refractivity contribution >= 4 is 11.9 Å². The normalized spacial score (nSPS) is 21.8. The molecule has 0 aromatic carbocycles. The highest BCUT2D eigenvalue weighted by molar-refractivity contribution is 5.93. The molecule has 2 aliphatic heterocycles. The quantitative estimate of drug-likeness (QED) is 0.320. The number of methoxy groups -OCH3 is 1. The zero-order chi connectivity index (χ0) is 23.7. The van der Waals surface area contributed by atoms with Crippen LogP contribution in [0.1, 0.15) is 72.6 Å². The van der Waals surface area contributed by atoms with Crippen LogP contribution in [-0.2, 0) is 23.8 Å². The molecule has 0 bridgehead atoms. The number of cyclic esters (lactones) is 2. The average molecular weight is 445 g/mol. The van der Waals surface area contributed by atoms with E-state index < -0.39 is 12.3 Å². The van der Waals surface area contributed by atoms with Crippen molar-refractivity contribution in [1.29, 1.82) is 0 Å². The lowest BCUT2D eigenvalue weighted by molar-refractivity contribution is -0.151. The Labute approximate surface area is 191 Å². The fraction of sp³-hybridized carbons (Fsp3) is 0.538. The van der Waals surface area contributed by atoms with E-state index in [0.29, 0.717) is 35.0 Å². The summed E-state index contributed by atoms with van der Waals surface area (Å²) in [7, 11) is 1.55. The highest BCUT2D eigenvalue weighted by Crippen LogP contribution is 2.28. The predicted octanol–water partition coefficient (Wildman–Crippen LogP) is 5.41. The Balaban J connectivity index is 1.66. The van der Waals surface area contributed by atoms with Gasteiger partial charge in [0.25, 0.3) is 0 Å². The summed E-state index contributed by atoms with van der Waals surface area (Å²) in [6.07, 6.45) is 13.3. The molecule has 0 saturated heterocycles. The van der Waals surface area contributed by atoms with Crippen LogP contribution in [0.5, 0.6) is 0 Å². The van der Waals surface area contributed by atoms with Crippen molar-refractivity contribution in [3.63, 3.8) is 0 Å². The molecule has 0 aromatic rings. The van der Waals surface area contributed by atoms with Crippen LogP contribution in [0.15, 0.2) is 58.1 Å². The molecule has 2 rings (SSSR count). The number of carbonyl (C=O) groups excluding carboxylic acids is 2. The van der Waals surface area contributed by atoms with Crippen molar-refractivity contribution < 1.29 is 28.9 Å². The van der Waals surface area contributed by atoms with E-state index >= 15 is 0 Å². The minimum Gasteiger partial charge on any atom is -0.492 e. The summed E-state index contributed by atoms with van der Waals surface area (Å²) in [4.78, 5) is 22.8. The van der Waals surface area contributed by atoms with Gasteiger partial charge in [-0.2, -0.15) is 0 Å². The van der Waals surface area contributed by atoms with E-state index in [1.807, 2.05) is 6.08 Å². The third-order valence-electron chi connectivity index (χ3n) is 5.75. The Hall–Kier alpha value is -2.60. The second kappa shape index (κ2) is 12.4. The monoisotopic (exact) mass is 444 g/mol. The molecule has 0 aliphatic carbocycles.